The third kappa shape index (κ3) is 61.7. The smallest absolute Gasteiger partial charge is 0.306 e. The summed E-state index contributed by atoms with van der Waals surface area (Å²) in [6.07, 6.45) is 81.2. The van der Waals surface area contributed by atoms with Gasteiger partial charge in [-0.2, -0.15) is 0 Å². The van der Waals surface area contributed by atoms with Crippen LogP contribution in [0.4, 0.5) is 0 Å². The molecule has 0 spiro atoms. The number of esters is 1. The molecule has 0 fully saturated rings. The van der Waals surface area contributed by atoms with Crippen molar-refractivity contribution in [2.45, 2.75) is 322 Å². The van der Waals surface area contributed by atoms with Gasteiger partial charge in [-0.25, -0.2) is 0 Å². The number of carbonyl (C=O) groups excluding carboxylic acids is 2. The molecule has 0 heterocycles. The Morgan fingerprint density at radius 3 is 1.13 bits per heavy atom. The van der Waals surface area contributed by atoms with E-state index >= 15 is 0 Å². The zero-order valence-corrected chi connectivity index (χ0v) is 55.3. The Labute approximate surface area is 507 Å². The van der Waals surface area contributed by atoms with Crippen molar-refractivity contribution in [3.05, 3.63) is 85.1 Å². The number of unbranched alkanes of at least 4 members (excludes halogenated alkanes) is 34. The topological polar surface area (TPSA) is 114 Å². The average molecular weight is 1170 g/mol. The molecule has 0 rings (SSSR count). The molecule has 0 radical (unpaired) electrons. The predicted molar refractivity (Wildman–Crippen MR) is 353 cm³/mol. The van der Waals surface area contributed by atoms with Crippen LogP contribution in [0.1, 0.15) is 310 Å². The lowest BCUT2D eigenvalue weighted by molar-refractivity contribution is -0.870. The number of amides is 1. The van der Waals surface area contributed by atoms with E-state index in [1.54, 1.807) is 0 Å². The summed E-state index contributed by atoms with van der Waals surface area (Å²) >= 11 is 0. The molecule has 3 atom stereocenters. The van der Waals surface area contributed by atoms with Crippen LogP contribution in [0.2, 0.25) is 0 Å². The zero-order chi connectivity index (χ0) is 60.0. The number of ether oxygens (including phenoxy) is 1. The monoisotopic (exact) mass is 1170 g/mol. The largest absolute Gasteiger partial charge is 0.756 e. The van der Waals surface area contributed by atoms with Crippen LogP contribution in [0.3, 0.4) is 0 Å². The van der Waals surface area contributed by atoms with Crippen LogP contribution in [0.25, 0.3) is 0 Å². The summed E-state index contributed by atoms with van der Waals surface area (Å²) in [7, 11) is 1.18. The van der Waals surface area contributed by atoms with E-state index < -0.39 is 26.6 Å². The summed E-state index contributed by atoms with van der Waals surface area (Å²) < 4.78 is 30.4. The maximum atomic E-state index is 13.6. The Balaban J connectivity index is 5.15. The van der Waals surface area contributed by atoms with E-state index in [2.05, 4.69) is 99.0 Å². The SMILES string of the molecule is CCCCC/C=C\C/C=C\C/C=C\CCCCCCCCCCCCC(=O)NC(COP(=O)([O-])OCC[N+](C)(C)C)C(/C=C/CCCCCCCCCCCC)OC(=O)CCCCCCCCCC/C=C\C/C=C\C/C=C\CCCCC. The van der Waals surface area contributed by atoms with Gasteiger partial charge in [-0.05, 0) is 109 Å². The van der Waals surface area contributed by atoms with Crippen molar-refractivity contribution >= 4 is 19.7 Å². The van der Waals surface area contributed by atoms with Gasteiger partial charge >= 0.3 is 5.97 Å². The average Bonchev–Trinajstić information content (AvgIpc) is 3.47. The van der Waals surface area contributed by atoms with E-state index in [0.29, 0.717) is 17.4 Å². The number of phosphoric ester groups is 1. The van der Waals surface area contributed by atoms with Crippen molar-refractivity contribution < 1.29 is 37.3 Å². The van der Waals surface area contributed by atoms with Gasteiger partial charge in [-0.3, -0.25) is 14.2 Å². The third-order valence-corrected chi connectivity index (χ3v) is 16.0. The second-order valence-electron chi connectivity index (χ2n) is 24.3. The summed E-state index contributed by atoms with van der Waals surface area (Å²) in [5.74, 6) is -0.549. The van der Waals surface area contributed by atoms with Crippen LogP contribution in [-0.4, -0.2) is 69.4 Å². The molecule has 0 aromatic heterocycles. The number of phosphoric acid groups is 1. The van der Waals surface area contributed by atoms with E-state index in [4.69, 9.17) is 13.8 Å². The van der Waals surface area contributed by atoms with Gasteiger partial charge in [0.1, 0.15) is 19.3 Å². The second kappa shape index (κ2) is 61.3. The second-order valence-corrected chi connectivity index (χ2v) is 25.7. The molecule has 0 aromatic carbocycles. The van der Waals surface area contributed by atoms with Crippen molar-refractivity contribution in [3.8, 4) is 0 Å². The van der Waals surface area contributed by atoms with E-state index in [0.717, 1.165) is 109 Å². The summed E-state index contributed by atoms with van der Waals surface area (Å²) in [6.45, 7) is 6.80. The van der Waals surface area contributed by atoms with Gasteiger partial charge in [0.2, 0.25) is 5.91 Å². The number of hydrogen-bond acceptors (Lipinski definition) is 7. The first-order valence-corrected chi connectivity index (χ1v) is 35.9. The van der Waals surface area contributed by atoms with Gasteiger partial charge in [-0.1, -0.05) is 273 Å². The Morgan fingerprint density at radius 1 is 0.427 bits per heavy atom. The molecule has 0 aliphatic carbocycles. The molecular weight excluding hydrogens is 1040 g/mol. The highest BCUT2D eigenvalue weighted by Crippen LogP contribution is 2.38. The third-order valence-electron chi connectivity index (χ3n) is 15.0. The normalized spacial score (nSPS) is 14.1. The van der Waals surface area contributed by atoms with E-state index in [9.17, 15) is 19.0 Å². The molecule has 1 N–H and O–H groups in total. The fourth-order valence-electron chi connectivity index (χ4n) is 9.71. The molecule has 0 saturated carbocycles. The highest BCUT2D eigenvalue weighted by Gasteiger charge is 2.27. The molecule has 0 bridgehead atoms. The molecule has 10 heteroatoms. The number of quaternary nitrogens is 1. The van der Waals surface area contributed by atoms with E-state index in [1.807, 2.05) is 33.3 Å². The minimum Gasteiger partial charge on any atom is -0.756 e. The molecule has 9 nitrogen and oxygen atoms in total. The van der Waals surface area contributed by atoms with Crippen molar-refractivity contribution in [2.75, 3.05) is 40.9 Å². The zero-order valence-electron chi connectivity index (χ0n) is 54.4. The lowest BCUT2D eigenvalue weighted by Gasteiger charge is -2.30. The minimum absolute atomic E-state index is 0.0271. The fourth-order valence-corrected chi connectivity index (χ4v) is 10.4. The predicted octanol–water partition coefficient (Wildman–Crippen LogP) is 21.1. The Morgan fingerprint density at radius 2 is 0.744 bits per heavy atom. The molecule has 0 saturated heterocycles. The lowest BCUT2D eigenvalue weighted by atomic mass is 10.0. The maximum absolute atomic E-state index is 13.6. The van der Waals surface area contributed by atoms with Gasteiger partial charge in [0.05, 0.1) is 33.8 Å². The number of hydrogen-bond donors (Lipinski definition) is 1. The molecule has 3 unspecified atom stereocenters. The maximum Gasteiger partial charge on any atom is 0.306 e. The van der Waals surface area contributed by atoms with Gasteiger partial charge < -0.3 is 28.5 Å². The van der Waals surface area contributed by atoms with Crippen molar-refractivity contribution in [1.82, 2.24) is 5.32 Å². The number of rotatable bonds is 62. The molecule has 82 heavy (non-hydrogen) atoms. The Bertz CT molecular complexity index is 1680. The van der Waals surface area contributed by atoms with Gasteiger partial charge in [0.25, 0.3) is 7.82 Å². The van der Waals surface area contributed by atoms with Crippen molar-refractivity contribution in [2.24, 2.45) is 0 Å². The summed E-state index contributed by atoms with van der Waals surface area (Å²) in [4.78, 5) is 40.1. The highest BCUT2D eigenvalue weighted by molar-refractivity contribution is 7.45. The van der Waals surface area contributed by atoms with Crippen molar-refractivity contribution in [3.63, 3.8) is 0 Å². The van der Waals surface area contributed by atoms with Crippen LogP contribution in [0.15, 0.2) is 85.1 Å². The summed E-state index contributed by atoms with van der Waals surface area (Å²) in [6, 6.07) is -0.898. The molecule has 0 aliphatic rings. The number of carbonyl (C=O) groups is 2. The van der Waals surface area contributed by atoms with E-state index in [-0.39, 0.29) is 24.9 Å². The van der Waals surface area contributed by atoms with E-state index in [1.165, 1.54) is 167 Å². The van der Waals surface area contributed by atoms with Gasteiger partial charge in [-0.15, -0.1) is 0 Å². The number of allylic oxidation sites excluding steroid dienone is 13. The Hall–Kier alpha value is -2.81. The molecule has 0 aromatic rings. The van der Waals surface area contributed by atoms with Crippen LogP contribution in [-0.2, 0) is 27.9 Å². The minimum atomic E-state index is -4.71. The molecular formula is C72H131N2O7P. The molecule has 476 valence electrons. The first kappa shape index (κ1) is 79.2. The standard InChI is InChI=1S/C72H131N2O7P/c1-7-10-13-16-19-22-25-28-30-32-34-36-37-39-40-42-44-46-49-52-55-58-61-64-71(75)73-69(68-80-82(77,78)79-67-66-74(4,5)6)70(63-60-57-54-51-48-27-24-21-18-15-12-9-3)81-72(76)65-62-59-56-53-50-47-45-43-41-38-35-33-31-29-26-23-20-17-14-11-8-2/h19-20,22-23,28-31,34-36,38,60,63,69-70H,7-18,21,24-27,32-33,37,39-59,61-62,64-68H2,1-6H3,(H-,73,75,77,78)/b22-19-,23-20-,30-28-,31-29-,36-34-,38-35-,63-60+. The number of likely N-dealkylation sites (N-methyl/N-ethyl adjacent to an activating group) is 1. The first-order chi connectivity index (χ1) is 39.9. The number of nitrogens with zero attached hydrogens (tertiary/aromatic N) is 1. The summed E-state index contributed by atoms with van der Waals surface area (Å²) in [5, 5.41) is 3.04. The van der Waals surface area contributed by atoms with Gasteiger partial charge in [0, 0.05) is 12.8 Å². The lowest BCUT2D eigenvalue weighted by Crippen LogP contribution is -2.47. The van der Waals surface area contributed by atoms with Crippen LogP contribution >= 0.6 is 7.82 Å². The Kier molecular flexibility index (Phi) is 59.2. The van der Waals surface area contributed by atoms with Crippen molar-refractivity contribution in [1.29, 1.82) is 0 Å². The van der Waals surface area contributed by atoms with Crippen LogP contribution in [0, 0.1) is 0 Å². The fraction of sp³-hybridized carbons (Fsp3) is 0.778. The number of nitrogens with one attached hydrogen (secondary N) is 1. The van der Waals surface area contributed by atoms with Gasteiger partial charge in [0.15, 0.2) is 0 Å². The quantitative estimate of drug-likeness (QED) is 0.0212. The highest BCUT2D eigenvalue weighted by atomic mass is 31.2. The first-order valence-electron chi connectivity index (χ1n) is 34.4. The van der Waals surface area contributed by atoms with Crippen LogP contribution in [0.5, 0.6) is 0 Å². The molecule has 0 aliphatic heterocycles. The molecule has 1 amide bonds. The van der Waals surface area contributed by atoms with Crippen LogP contribution < -0.4 is 10.2 Å². The summed E-state index contributed by atoms with van der Waals surface area (Å²) in [5.41, 5.74) is 0.